The number of carboxylic acid groups (broad SMARTS) is 1. The van der Waals surface area contributed by atoms with Gasteiger partial charge in [0.25, 0.3) is 0 Å². The van der Waals surface area contributed by atoms with Crippen molar-refractivity contribution < 1.29 is 14.3 Å². The van der Waals surface area contributed by atoms with E-state index in [-0.39, 0.29) is 5.82 Å². The van der Waals surface area contributed by atoms with Crippen molar-refractivity contribution in [2.45, 2.75) is 32.2 Å². The highest BCUT2D eigenvalue weighted by molar-refractivity contribution is 5.84. The van der Waals surface area contributed by atoms with Gasteiger partial charge in [0.15, 0.2) is 0 Å². The Balaban J connectivity index is 2.21. The van der Waals surface area contributed by atoms with E-state index in [9.17, 15) is 14.3 Å². The minimum atomic E-state index is -0.917. The Morgan fingerprint density at radius 1 is 1.47 bits per heavy atom. The molecule has 0 aromatic heterocycles. The van der Waals surface area contributed by atoms with Gasteiger partial charge in [-0.1, -0.05) is 6.92 Å². The molecule has 0 saturated heterocycles. The van der Waals surface area contributed by atoms with Gasteiger partial charge < -0.3 is 10.4 Å². The van der Waals surface area contributed by atoms with Crippen molar-refractivity contribution in [2.24, 2.45) is 5.92 Å². The predicted octanol–water partition coefficient (Wildman–Crippen LogP) is 2.80. The fraction of sp³-hybridized carbons (Fsp3) is 0.462. The fourth-order valence-electron chi connectivity index (χ4n) is 2.54. The highest BCUT2D eigenvalue weighted by Gasteiger charge is 2.48. The van der Waals surface area contributed by atoms with Gasteiger partial charge in [0.1, 0.15) is 11.4 Å². The van der Waals surface area contributed by atoms with E-state index in [1.165, 1.54) is 12.1 Å². The predicted molar refractivity (Wildman–Crippen MR) is 63.5 cm³/mol. The van der Waals surface area contributed by atoms with E-state index >= 15 is 0 Å². The molecule has 3 nitrogen and oxygen atoms in total. The number of benzene rings is 1. The Hall–Kier alpha value is -1.58. The molecule has 1 saturated carbocycles. The average Bonchev–Trinajstić information content (AvgIpc) is 2.12. The van der Waals surface area contributed by atoms with Crippen LogP contribution in [0.2, 0.25) is 0 Å². The third-order valence-electron chi connectivity index (χ3n) is 3.23. The van der Waals surface area contributed by atoms with Crippen molar-refractivity contribution in [1.82, 2.24) is 0 Å². The molecule has 0 heterocycles. The summed E-state index contributed by atoms with van der Waals surface area (Å²) >= 11 is 0. The number of carboxylic acids is 1. The summed E-state index contributed by atoms with van der Waals surface area (Å²) in [5, 5.41) is 12.2. The Labute approximate surface area is 99.7 Å². The number of carbonyl (C=O) groups is 1. The van der Waals surface area contributed by atoms with Gasteiger partial charge in [0, 0.05) is 5.69 Å². The van der Waals surface area contributed by atoms with Crippen LogP contribution < -0.4 is 5.32 Å². The van der Waals surface area contributed by atoms with Crippen LogP contribution >= 0.6 is 0 Å². The van der Waals surface area contributed by atoms with Crippen molar-refractivity contribution in [1.29, 1.82) is 0 Å². The Morgan fingerprint density at radius 2 is 2.12 bits per heavy atom. The van der Waals surface area contributed by atoms with Crippen LogP contribution in [0.1, 0.15) is 25.3 Å². The zero-order chi connectivity index (χ0) is 12.6. The van der Waals surface area contributed by atoms with Gasteiger partial charge in [-0.3, -0.25) is 0 Å². The van der Waals surface area contributed by atoms with E-state index in [4.69, 9.17) is 0 Å². The normalized spacial score (nSPS) is 27.4. The standard InChI is InChI=1S/C13H16FNO2/c1-8-3-10(14)5-11(4-8)15-13(12(16)17)6-9(2)7-13/h3-5,9,15H,6-7H2,1-2H3,(H,16,17). The largest absolute Gasteiger partial charge is 0.480 e. The summed E-state index contributed by atoms with van der Waals surface area (Å²) in [6, 6.07) is 4.51. The molecule has 0 aliphatic heterocycles. The Bertz CT molecular complexity index is 432. The van der Waals surface area contributed by atoms with Crippen molar-refractivity contribution in [3.8, 4) is 0 Å². The van der Waals surface area contributed by atoms with Gasteiger partial charge in [-0.25, -0.2) is 9.18 Å². The monoisotopic (exact) mass is 237 g/mol. The van der Waals surface area contributed by atoms with E-state index in [1.54, 1.807) is 13.0 Å². The Kier molecular flexibility index (Phi) is 2.81. The molecule has 1 aromatic carbocycles. The summed E-state index contributed by atoms with van der Waals surface area (Å²) in [7, 11) is 0. The first-order valence-electron chi connectivity index (χ1n) is 5.70. The molecule has 4 heteroatoms. The number of halogens is 1. The Morgan fingerprint density at radius 3 is 2.59 bits per heavy atom. The van der Waals surface area contributed by atoms with Crippen LogP contribution in [-0.4, -0.2) is 16.6 Å². The number of aliphatic carboxylic acids is 1. The van der Waals surface area contributed by atoms with Gasteiger partial charge in [-0.15, -0.1) is 0 Å². The number of hydrogen-bond donors (Lipinski definition) is 2. The van der Waals surface area contributed by atoms with Crippen LogP contribution in [-0.2, 0) is 4.79 Å². The summed E-state index contributed by atoms with van der Waals surface area (Å²) in [5.41, 5.74) is 0.400. The second-order valence-electron chi connectivity index (χ2n) is 5.04. The van der Waals surface area contributed by atoms with Gasteiger partial charge in [-0.05, 0) is 49.4 Å². The molecular formula is C13H16FNO2. The highest BCUT2D eigenvalue weighted by Crippen LogP contribution is 2.40. The minimum Gasteiger partial charge on any atom is -0.480 e. The maximum absolute atomic E-state index is 13.2. The summed E-state index contributed by atoms with van der Waals surface area (Å²) in [4.78, 5) is 11.3. The number of rotatable bonds is 3. The van der Waals surface area contributed by atoms with E-state index in [2.05, 4.69) is 5.32 Å². The summed E-state index contributed by atoms with van der Waals surface area (Å²) in [5.74, 6) is -0.814. The molecule has 92 valence electrons. The van der Waals surface area contributed by atoms with Crippen molar-refractivity contribution in [3.63, 3.8) is 0 Å². The lowest BCUT2D eigenvalue weighted by Gasteiger charge is -2.44. The summed E-state index contributed by atoms with van der Waals surface area (Å²) < 4.78 is 13.2. The van der Waals surface area contributed by atoms with E-state index < -0.39 is 11.5 Å². The quantitative estimate of drug-likeness (QED) is 0.849. The van der Waals surface area contributed by atoms with Crippen LogP contribution in [0.25, 0.3) is 0 Å². The lowest BCUT2D eigenvalue weighted by molar-refractivity contribution is -0.147. The zero-order valence-corrected chi connectivity index (χ0v) is 9.96. The molecule has 0 radical (unpaired) electrons. The lowest BCUT2D eigenvalue weighted by atomic mass is 9.69. The van der Waals surface area contributed by atoms with Crippen molar-refractivity contribution >= 4 is 11.7 Å². The molecule has 2 N–H and O–H groups in total. The lowest BCUT2D eigenvalue weighted by Crippen LogP contribution is -2.55. The molecule has 0 atom stereocenters. The SMILES string of the molecule is Cc1cc(F)cc(NC2(C(=O)O)CC(C)C2)c1. The number of anilines is 1. The first kappa shape index (κ1) is 11.9. The van der Waals surface area contributed by atoms with Crippen LogP contribution in [0.4, 0.5) is 10.1 Å². The van der Waals surface area contributed by atoms with Gasteiger partial charge in [0.2, 0.25) is 0 Å². The molecule has 0 amide bonds. The minimum absolute atomic E-state index is 0.347. The van der Waals surface area contributed by atoms with Crippen molar-refractivity contribution in [2.75, 3.05) is 5.32 Å². The molecule has 1 aliphatic carbocycles. The average molecular weight is 237 g/mol. The molecule has 0 bridgehead atoms. The molecule has 0 unspecified atom stereocenters. The first-order chi connectivity index (χ1) is 7.91. The van der Waals surface area contributed by atoms with E-state index in [1.807, 2.05) is 6.92 Å². The van der Waals surface area contributed by atoms with Crippen LogP contribution in [0.5, 0.6) is 0 Å². The molecule has 0 spiro atoms. The van der Waals surface area contributed by atoms with Gasteiger partial charge in [0.05, 0.1) is 0 Å². The van der Waals surface area contributed by atoms with Crippen LogP contribution in [0, 0.1) is 18.7 Å². The van der Waals surface area contributed by atoms with Crippen LogP contribution in [0.3, 0.4) is 0 Å². The summed E-state index contributed by atoms with van der Waals surface area (Å²) in [6.07, 6.45) is 1.16. The maximum atomic E-state index is 13.2. The molecular weight excluding hydrogens is 221 g/mol. The second kappa shape index (κ2) is 4.02. The maximum Gasteiger partial charge on any atom is 0.329 e. The van der Waals surface area contributed by atoms with Gasteiger partial charge >= 0.3 is 5.97 Å². The molecule has 2 rings (SSSR count). The number of hydrogen-bond acceptors (Lipinski definition) is 2. The molecule has 1 fully saturated rings. The number of aryl methyl sites for hydroxylation is 1. The number of nitrogens with one attached hydrogen (secondary N) is 1. The van der Waals surface area contributed by atoms with E-state index in [0.29, 0.717) is 24.4 Å². The fourth-order valence-corrected chi connectivity index (χ4v) is 2.54. The third kappa shape index (κ3) is 2.25. The van der Waals surface area contributed by atoms with Gasteiger partial charge in [-0.2, -0.15) is 0 Å². The van der Waals surface area contributed by atoms with Crippen LogP contribution in [0.15, 0.2) is 18.2 Å². The highest BCUT2D eigenvalue weighted by atomic mass is 19.1. The molecule has 1 aromatic rings. The van der Waals surface area contributed by atoms with Crippen molar-refractivity contribution in [3.05, 3.63) is 29.6 Å². The second-order valence-corrected chi connectivity index (χ2v) is 5.04. The summed E-state index contributed by atoms with van der Waals surface area (Å²) in [6.45, 7) is 3.80. The first-order valence-corrected chi connectivity index (χ1v) is 5.70. The third-order valence-corrected chi connectivity index (χ3v) is 3.23. The van der Waals surface area contributed by atoms with E-state index in [0.717, 1.165) is 5.56 Å². The topological polar surface area (TPSA) is 49.3 Å². The smallest absolute Gasteiger partial charge is 0.329 e. The molecule has 1 aliphatic rings. The zero-order valence-electron chi connectivity index (χ0n) is 9.96. The molecule has 17 heavy (non-hydrogen) atoms.